The van der Waals surface area contributed by atoms with E-state index in [1.54, 1.807) is 0 Å². The molecule has 14 heavy (non-hydrogen) atoms. The average Bonchev–Trinajstić information content (AvgIpc) is 2.47. The molecule has 1 aromatic rings. The van der Waals surface area contributed by atoms with Crippen molar-refractivity contribution in [2.45, 2.75) is 25.9 Å². The quantitative estimate of drug-likeness (QED) is 0.550. The van der Waals surface area contributed by atoms with Crippen LogP contribution in [0.1, 0.15) is 12.6 Å². The molecule has 0 aliphatic carbocycles. The number of aryl methyl sites for hydroxylation is 1. The summed E-state index contributed by atoms with van der Waals surface area (Å²) in [6, 6.07) is -1.09. The van der Waals surface area contributed by atoms with E-state index >= 15 is 0 Å². The molecule has 0 aliphatic rings. The van der Waals surface area contributed by atoms with Crippen molar-refractivity contribution < 1.29 is 9.90 Å². The Balaban J connectivity index is 2.81. The SMILES string of the molecule is CCn1nc(CC(N)C(=O)O)c(=O)[nH]1. The van der Waals surface area contributed by atoms with Crippen molar-refractivity contribution in [1.82, 2.24) is 15.0 Å². The molecule has 0 aromatic carbocycles. The molecule has 0 amide bonds. The van der Waals surface area contributed by atoms with Gasteiger partial charge in [0.25, 0.3) is 5.56 Å². The summed E-state index contributed by atoms with van der Waals surface area (Å²) < 4.78 is 0. The fourth-order valence-electron chi connectivity index (χ4n) is 0.977. The highest BCUT2D eigenvalue weighted by Gasteiger charge is 2.16. The topological polar surface area (TPSA) is 114 Å². The first-order valence-corrected chi connectivity index (χ1v) is 4.19. The van der Waals surface area contributed by atoms with Crippen molar-refractivity contribution in [2.75, 3.05) is 0 Å². The Hall–Kier alpha value is -1.63. The molecular formula is C7H12N4O3. The van der Waals surface area contributed by atoms with Crippen LogP contribution < -0.4 is 11.3 Å². The van der Waals surface area contributed by atoms with Gasteiger partial charge >= 0.3 is 5.97 Å². The highest BCUT2D eigenvalue weighted by molar-refractivity contribution is 5.73. The Morgan fingerprint density at radius 1 is 1.79 bits per heavy atom. The summed E-state index contributed by atoms with van der Waals surface area (Å²) in [5.41, 5.74) is 5.04. The van der Waals surface area contributed by atoms with Crippen LogP contribution in [0, 0.1) is 0 Å². The minimum absolute atomic E-state index is 0.0579. The van der Waals surface area contributed by atoms with Crippen molar-refractivity contribution in [3.05, 3.63) is 16.0 Å². The van der Waals surface area contributed by atoms with E-state index in [1.165, 1.54) is 4.80 Å². The van der Waals surface area contributed by atoms with Crippen LogP contribution in [0.5, 0.6) is 0 Å². The number of aromatic amines is 1. The number of carboxylic acid groups (broad SMARTS) is 1. The molecule has 1 rings (SSSR count). The Morgan fingerprint density at radius 2 is 2.43 bits per heavy atom. The fraction of sp³-hybridized carbons (Fsp3) is 0.571. The smallest absolute Gasteiger partial charge is 0.320 e. The van der Waals surface area contributed by atoms with E-state index in [4.69, 9.17) is 10.8 Å². The van der Waals surface area contributed by atoms with Crippen LogP contribution in [0.15, 0.2) is 4.79 Å². The third-order valence-electron chi connectivity index (χ3n) is 1.76. The number of H-pyrrole nitrogens is 1. The molecule has 1 heterocycles. The van der Waals surface area contributed by atoms with Crippen LogP contribution in [-0.2, 0) is 17.8 Å². The predicted octanol–water partition coefficient (Wildman–Crippen LogP) is -1.45. The monoisotopic (exact) mass is 200 g/mol. The number of carboxylic acids is 1. The molecule has 0 radical (unpaired) electrons. The van der Waals surface area contributed by atoms with Gasteiger partial charge in [0, 0.05) is 6.42 Å². The fourth-order valence-corrected chi connectivity index (χ4v) is 0.977. The Labute approximate surface area is 79.5 Å². The summed E-state index contributed by atoms with van der Waals surface area (Å²) in [5.74, 6) is -1.14. The number of carbonyl (C=O) groups is 1. The van der Waals surface area contributed by atoms with E-state index in [9.17, 15) is 9.59 Å². The van der Waals surface area contributed by atoms with Crippen molar-refractivity contribution in [2.24, 2.45) is 5.73 Å². The average molecular weight is 200 g/mol. The second-order valence-electron chi connectivity index (χ2n) is 2.85. The van der Waals surface area contributed by atoms with Gasteiger partial charge in [0.2, 0.25) is 0 Å². The standard InChI is InChI=1S/C7H12N4O3/c1-2-11-9-5(6(12)10-11)3-4(8)7(13)14/h4H,2-3,8H2,1H3,(H,10,12)(H,13,14). The molecular weight excluding hydrogens is 188 g/mol. The van der Waals surface area contributed by atoms with Crippen molar-refractivity contribution >= 4 is 5.97 Å². The van der Waals surface area contributed by atoms with Gasteiger partial charge in [-0.1, -0.05) is 0 Å². The van der Waals surface area contributed by atoms with Gasteiger partial charge < -0.3 is 10.8 Å². The number of aliphatic carboxylic acids is 1. The van der Waals surface area contributed by atoms with Crippen LogP contribution in [0.25, 0.3) is 0 Å². The molecule has 0 fully saturated rings. The molecule has 7 nitrogen and oxygen atoms in total. The lowest BCUT2D eigenvalue weighted by Crippen LogP contribution is -2.33. The Morgan fingerprint density at radius 3 is 2.86 bits per heavy atom. The third kappa shape index (κ3) is 2.19. The van der Waals surface area contributed by atoms with E-state index in [1.807, 2.05) is 6.92 Å². The summed E-state index contributed by atoms with van der Waals surface area (Å²) >= 11 is 0. The number of hydrogen-bond donors (Lipinski definition) is 3. The first kappa shape index (κ1) is 10.5. The molecule has 0 bridgehead atoms. The van der Waals surface area contributed by atoms with Crippen LogP contribution in [0.3, 0.4) is 0 Å². The van der Waals surface area contributed by atoms with Crippen LogP contribution in [-0.4, -0.2) is 32.1 Å². The zero-order chi connectivity index (χ0) is 10.7. The Kier molecular flexibility index (Phi) is 3.03. The number of nitrogens with two attached hydrogens (primary N) is 1. The second kappa shape index (κ2) is 4.05. The van der Waals surface area contributed by atoms with E-state index in [2.05, 4.69) is 10.2 Å². The van der Waals surface area contributed by atoms with Crippen molar-refractivity contribution in [3.63, 3.8) is 0 Å². The van der Waals surface area contributed by atoms with Gasteiger partial charge in [0.05, 0.1) is 6.54 Å². The number of rotatable bonds is 4. The van der Waals surface area contributed by atoms with Crippen molar-refractivity contribution in [3.8, 4) is 0 Å². The number of aromatic nitrogens is 3. The van der Waals surface area contributed by atoms with E-state index in [0.29, 0.717) is 6.54 Å². The maximum atomic E-state index is 11.2. The van der Waals surface area contributed by atoms with Crippen molar-refractivity contribution in [1.29, 1.82) is 0 Å². The number of nitrogens with zero attached hydrogens (tertiary/aromatic N) is 2. The summed E-state index contributed by atoms with van der Waals surface area (Å²) in [6.45, 7) is 2.33. The second-order valence-corrected chi connectivity index (χ2v) is 2.85. The first-order valence-electron chi connectivity index (χ1n) is 4.19. The van der Waals surface area contributed by atoms with Gasteiger partial charge in [-0.15, -0.1) is 0 Å². The largest absolute Gasteiger partial charge is 0.480 e. The highest BCUT2D eigenvalue weighted by Crippen LogP contribution is 1.91. The lowest BCUT2D eigenvalue weighted by Gasteiger charge is -2.01. The Bertz CT molecular complexity index is 381. The summed E-state index contributed by atoms with van der Waals surface area (Å²) in [5, 5.41) is 14.8. The zero-order valence-electron chi connectivity index (χ0n) is 7.73. The summed E-state index contributed by atoms with van der Waals surface area (Å²) in [4.78, 5) is 22.9. The maximum absolute atomic E-state index is 11.2. The predicted molar refractivity (Wildman–Crippen MR) is 47.8 cm³/mol. The normalized spacial score (nSPS) is 12.7. The third-order valence-corrected chi connectivity index (χ3v) is 1.76. The van der Waals surface area contributed by atoms with Crippen LogP contribution in [0.2, 0.25) is 0 Å². The number of nitrogens with one attached hydrogen (secondary N) is 1. The lowest BCUT2D eigenvalue weighted by molar-refractivity contribution is -0.138. The molecule has 1 atom stereocenters. The van der Waals surface area contributed by atoms with Crippen LogP contribution in [0.4, 0.5) is 0 Å². The molecule has 0 saturated heterocycles. The first-order chi connectivity index (χ1) is 6.54. The van der Waals surface area contributed by atoms with E-state index < -0.39 is 12.0 Å². The van der Waals surface area contributed by atoms with Crippen LogP contribution >= 0.6 is 0 Å². The highest BCUT2D eigenvalue weighted by atomic mass is 16.4. The molecule has 1 aromatic heterocycles. The van der Waals surface area contributed by atoms with Gasteiger partial charge in [-0.2, -0.15) is 5.10 Å². The maximum Gasteiger partial charge on any atom is 0.320 e. The van der Waals surface area contributed by atoms with Gasteiger partial charge in [-0.3, -0.25) is 9.59 Å². The van der Waals surface area contributed by atoms with E-state index in [0.717, 1.165) is 0 Å². The van der Waals surface area contributed by atoms with E-state index in [-0.39, 0.29) is 17.7 Å². The number of hydrogen-bond acceptors (Lipinski definition) is 4. The van der Waals surface area contributed by atoms with Gasteiger partial charge in [0.1, 0.15) is 11.7 Å². The summed E-state index contributed by atoms with van der Waals surface area (Å²) in [6.07, 6.45) is -0.0579. The molecule has 7 heteroatoms. The minimum Gasteiger partial charge on any atom is -0.480 e. The van der Waals surface area contributed by atoms with Gasteiger partial charge in [-0.25, -0.2) is 9.90 Å². The molecule has 0 spiro atoms. The van der Waals surface area contributed by atoms with Gasteiger partial charge in [0.15, 0.2) is 0 Å². The molecule has 1 unspecified atom stereocenters. The minimum atomic E-state index is -1.14. The lowest BCUT2D eigenvalue weighted by atomic mass is 10.2. The van der Waals surface area contributed by atoms with Gasteiger partial charge in [-0.05, 0) is 6.92 Å². The molecule has 78 valence electrons. The molecule has 0 aliphatic heterocycles. The summed E-state index contributed by atoms with van der Waals surface area (Å²) in [7, 11) is 0. The molecule has 4 N–H and O–H groups in total. The molecule has 0 saturated carbocycles. The zero-order valence-corrected chi connectivity index (χ0v) is 7.73.